The second-order valence-electron chi connectivity index (χ2n) is 6.04. The molecule has 1 N–H and O–H groups in total. The van der Waals surface area contributed by atoms with Crippen LogP contribution < -0.4 is 0 Å². The van der Waals surface area contributed by atoms with Crippen molar-refractivity contribution < 1.29 is 5.11 Å². The molecule has 1 aromatic rings. The van der Waals surface area contributed by atoms with Crippen molar-refractivity contribution in [2.75, 3.05) is 0 Å². The third kappa shape index (κ3) is 2.08. The van der Waals surface area contributed by atoms with Gasteiger partial charge in [0.2, 0.25) is 0 Å². The average molecular weight is 230 g/mol. The van der Waals surface area contributed by atoms with E-state index in [0.29, 0.717) is 17.6 Å². The molecule has 2 fully saturated rings. The van der Waals surface area contributed by atoms with E-state index in [1.165, 1.54) is 36.8 Å². The molecule has 2 atom stereocenters. The third-order valence-corrected chi connectivity index (χ3v) is 4.74. The summed E-state index contributed by atoms with van der Waals surface area (Å²) in [7, 11) is 0. The fourth-order valence-electron chi connectivity index (χ4n) is 3.02. The van der Waals surface area contributed by atoms with Crippen molar-refractivity contribution in [1.29, 1.82) is 0 Å². The van der Waals surface area contributed by atoms with Crippen LogP contribution in [0.3, 0.4) is 0 Å². The molecule has 2 unspecified atom stereocenters. The largest absolute Gasteiger partial charge is 0.507 e. The predicted octanol–water partition coefficient (Wildman–Crippen LogP) is 4.42. The van der Waals surface area contributed by atoms with E-state index in [2.05, 4.69) is 32.0 Å². The van der Waals surface area contributed by atoms with Gasteiger partial charge >= 0.3 is 0 Å². The molecule has 0 bridgehead atoms. The maximum absolute atomic E-state index is 10.5. The van der Waals surface area contributed by atoms with Crippen LogP contribution in [0.5, 0.6) is 5.75 Å². The SMILES string of the molecule is CC(c1cccc(C(C)C2CC2)c1O)C1CC1. The molecule has 0 aliphatic heterocycles. The molecular weight excluding hydrogens is 208 g/mol. The highest BCUT2D eigenvalue weighted by molar-refractivity contribution is 5.45. The molecule has 2 aliphatic carbocycles. The molecule has 1 nitrogen and oxygen atoms in total. The van der Waals surface area contributed by atoms with Crippen molar-refractivity contribution in [1.82, 2.24) is 0 Å². The van der Waals surface area contributed by atoms with Gasteiger partial charge in [0.05, 0.1) is 0 Å². The van der Waals surface area contributed by atoms with E-state index < -0.39 is 0 Å². The first kappa shape index (κ1) is 11.1. The van der Waals surface area contributed by atoms with E-state index in [1.807, 2.05) is 0 Å². The summed E-state index contributed by atoms with van der Waals surface area (Å²) in [5.74, 6) is 3.27. The molecule has 2 aliphatic rings. The van der Waals surface area contributed by atoms with Crippen LogP contribution in [0.25, 0.3) is 0 Å². The van der Waals surface area contributed by atoms with Gasteiger partial charge in [-0.25, -0.2) is 0 Å². The molecule has 0 amide bonds. The Labute approximate surface area is 104 Å². The number of phenolic OH excluding ortho intramolecular Hbond substituents is 1. The van der Waals surface area contributed by atoms with Crippen molar-refractivity contribution in [3.05, 3.63) is 29.3 Å². The van der Waals surface area contributed by atoms with Crippen LogP contribution in [-0.2, 0) is 0 Å². The molecule has 17 heavy (non-hydrogen) atoms. The summed E-state index contributed by atoms with van der Waals surface area (Å²) in [5.41, 5.74) is 2.36. The summed E-state index contributed by atoms with van der Waals surface area (Å²) < 4.78 is 0. The van der Waals surface area contributed by atoms with Gasteiger partial charge in [-0.2, -0.15) is 0 Å². The monoisotopic (exact) mass is 230 g/mol. The van der Waals surface area contributed by atoms with Gasteiger partial charge in [-0.3, -0.25) is 0 Å². The maximum atomic E-state index is 10.5. The van der Waals surface area contributed by atoms with Gasteiger partial charge in [0.1, 0.15) is 5.75 Å². The van der Waals surface area contributed by atoms with Crippen LogP contribution in [0.1, 0.15) is 62.5 Å². The fraction of sp³-hybridized carbons (Fsp3) is 0.625. The molecule has 0 heterocycles. The van der Waals surface area contributed by atoms with Crippen molar-refractivity contribution in [2.45, 2.75) is 51.4 Å². The number of phenols is 1. The number of aromatic hydroxyl groups is 1. The smallest absolute Gasteiger partial charge is 0.122 e. The van der Waals surface area contributed by atoms with Gasteiger partial charge < -0.3 is 5.11 Å². The lowest BCUT2D eigenvalue weighted by molar-refractivity contribution is 0.443. The van der Waals surface area contributed by atoms with Gasteiger partial charge in [-0.15, -0.1) is 0 Å². The van der Waals surface area contributed by atoms with Gasteiger partial charge in [0, 0.05) is 0 Å². The Balaban J connectivity index is 1.91. The Kier molecular flexibility index (Phi) is 2.65. The zero-order valence-electron chi connectivity index (χ0n) is 10.8. The predicted molar refractivity (Wildman–Crippen MR) is 70.4 cm³/mol. The van der Waals surface area contributed by atoms with Gasteiger partial charge in [-0.1, -0.05) is 32.0 Å². The van der Waals surface area contributed by atoms with Crippen LogP contribution in [0.15, 0.2) is 18.2 Å². The number of hydrogen-bond donors (Lipinski definition) is 1. The lowest BCUT2D eigenvalue weighted by Gasteiger charge is -2.18. The first-order valence-electron chi connectivity index (χ1n) is 7.00. The molecule has 0 aromatic heterocycles. The molecule has 1 heteroatoms. The normalized spacial score (nSPS) is 23.4. The molecule has 2 saturated carbocycles. The van der Waals surface area contributed by atoms with Gasteiger partial charge in [0.25, 0.3) is 0 Å². The standard InChI is InChI=1S/C16H22O/c1-10(12-6-7-12)14-4-3-5-15(16(14)17)11(2)13-8-9-13/h3-5,10-13,17H,6-9H2,1-2H3. The minimum absolute atomic E-state index is 0.529. The first-order valence-corrected chi connectivity index (χ1v) is 7.00. The van der Waals surface area contributed by atoms with Crippen LogP contribution >= 0.6 is 0 Å². The highest BCUT2D eigenvalue weighted by Crippen LogP contribution is 2.49. The lowest BCUT2D eigenvalue weighted by Crippen LogP contribution is -2.02. The third-order valence-electron chi connectivity index (χ3n) is 4.74. The van der Waals surface area contributed by atoms with Crippen molar-refractivity contribution in [3.63, 3.8) is 0 Å². The van der Waals surface area contributed by atoms with Gasteiger partial charge in [0.15, 0.2) is 0 Å². The quantitative estimate of drug-likeness (QED) is 0.811. The van der Waals surface area contributed by atoms with E-state index >= 15 is 0 Å². The van der Waals surface area contributed by atoms with E-state index in [4.69, 9.17) is 0 Å². The summed E-state index contributed by atoms with van der Waals surface area (Å²) in [6.45, 7) is 4.52. The average Bonchev–Trinajstić information content (AvgIpc) is 3.20. The maximum Gasteiger partial charge on any atom is 0.122 e. The molecule has 0 radical (unpaired) electrons. The van der Waals surface area contributed by atoms with Crippen molar-refractivity contribution in [3.8, 4) is 5.75 Å². The molecule has 92 valence electrons. The Morgan fingerprint density at radius 1 is 0.941 bits per heavy atom. The molecular formula is C16H22O. The lowest BCUT2D eigenvalue weighted by atomic mass is 9.88. The van der Waals surface area contributed by atoms with E-state index in [0.717, 1.165) is 11.8 Å². The highest BCUT2D eigenvalue weighted by Gasteiger charge is 2.33. The minimum atomic E-state index is 0.529. The number of rotatable bonds is 4. The van der Waals surface area contributed by atoms with Crippen LogP contribution in [0, 0.1) is 11.8 Å². The fourth-order valence-corrected chi connectivity index (χ4v) is 3.02. The molecule has 3 rings (SSSR count). The van der Waals surface area contributed by atoms with Gasteiger partial charge in [-0.05, 0) is 60.5 Å². The Hall–Kier alpha value is -0.980. The van der Waals surface area contributed by atoms with Crippen molar-refractivity contribution in [2.24, 2.45) is 11.8 Å². The van der Waals surface area contributed by atoms with E-state index in [9.17, 15) is 5.11 Å². The molecule has 0 spiro atoms. The second kappa shape index (κ2) is 4.04. The van der Waals surface area contributed by atoms with E-state index in [-0.39, 0.29) is 0 Å². The first-order chi connectivity index (χ1) is 8.18. The number of hydrogen-bond acceptors (Lipinski definition) is 1. The Morgan fingerprint density at radius 2 is 1.35 bits per heavy atom. The molecule has 0 saturated heterocycles. The van der Waals surface area contributed by atoms with Crippen molar-refractivity contribution >= 4 is 0 Å². The zero-order chi connectivity index (χ0) is 12.0. The summed E-state index contributed by atoms with van der Waals surface area (Å²) in [6, 6.07) is 6.35. The Bertz CT molecular complexity index is 379. The minimum Gasteiger partial charge on any atom is -0.507 e. The van der Waals surface area contributed by atoms with E-state index in [1.54, 1.807) is 0 Å². The number of benzene rings is 1. The van der Waals surface area contributed by atoms with Crippen LogP contribution in [-0.4, -0.2) is 5.11 Å². The zero-order valence-corrected chi connectivity index (χ0v) is 10.8. The number of para-hydroxylation sites is 1. The second-order valence-corrected chi connectivity index (χ2v) is 6.04. The molecule has 1 aromatic carbocycles. The van der Waals surface area contributed by atoms with Crippen LogP contribution in [0.2, 0.25) is 0 Å². The topological polar surface area (TPSA) is 20.2 Å². The summed E-state index contributed by atoms with van der Waals surface area (Å²) in [4.78, 5) is 0. The summed E-state index contributed by atoms with van der Waals surface area (Å²) in [6.07, 6.45) is 5.35. The summed E-state index contributed by atoms with van der Waals surface area (Å²) in [5, 5.41) is 10.5. The summed E-state index contributed by atoms with van der Waals surface area (Å²) >= 11 is 0. The van der Waals surface area contributed by atoms with Crippen LogP contribution in [0.4, 0.5) is 0 Å². The highest BCUT2D eigenvalue weighted by atomic mass is 16.3. The Morgan fingerprint density at radius 3 is 1.71 bits per heavy atom.